The molecule has 0 saturated heterocycles. The van der Waals surface area contributed by atoms with Crippen LogP contribution in [-0.4, -0.2) is 26.8 Å². The van der Waals surface area contributed by atoms with Gasteiger partial charge in [-0.3, -0.25) is 4.79 Å². The Bertz CT molecular complexity index is 1080. The normalized spacial score (nSPS) is 11.1. The Morgan fingerprint density at radius 1 is 1.13 bits per heavy atom. The van der Waals surface area contributed by atoms with E-state index in [-0.39, 0.29) is 5.91 Å². The molecule has 0 bridgehead atoms. The number of carbonyl (C=O) groups is 1. The number of pyridine rings is 1. The Hall–Kier alpha value is -2.64. The van der Waals surface area contributed by atoms with E-state index in [1.165, 1.54) is 5.01 Å². The second-order valence-electron chi connectivity index (χ2n) is 7.11. The molecule has 0 saturated carbocycles. The molecule has 0 spiro atoms. The quantitative estimate of drug-likeness (QED) is 0.291. The minimum atomic E-state index is -0.0167. The molecule has 0 radical (unpaired) electrons. The molecular weight excluding hydrogens is 412 g/mol. The number of unbranched alkanes of at least 4 members (excludes halogenated alkanes) is 1. The van der Waals surface area contributed by atoms with Crippen molar-refractivity contribution in [2.45, 2.75) is 36.8 Å². The summed E-state index contributed by atoms with van der Waals surface area (Å²) in [6.45, 7) is 2.71. The minimum Gasteiger partial charge on any atom is -0.352 e. The van der Waals surface area contributed by atoms with Crippen LogP contribution in [0.4, 0.5) is 0 Å². The van der Waals surface area contributed by atoms with Crippen molar-refractivity contribution < 1.29 is 4.79 Å². The smallest absolute Gasteiger partial charge is 0.251 e. The molecule has 0 aliphatic rings. The highest BCUT2D eigenvalue weighted by Gasteiger charge is 2.07. The number of aromatic nitrogens is 3. The standard InChI is InChI=1S/C23H24N4OS2/c1-17-15-30-22(25-17)7-2-4-12-24-23(28)18-8-10-20(11-9-18)29-16-19-14-27-13-5-3-6-21(27)26-19/h3,5-6,8-11,13-15H,2,4,7,12,16H2,1H3,(H,24,28). The largest absolute Gasteiger partial charge is 0.352 e. The van der Waals surface area contributed by atoms with E-state index >= 15 is 0 Å². The molecule has 5 nitrogen and oxygen atoms in total. The van der Waals surface area contributed by atoms with Gasteiger partial charge in [-0.25, -0.2) is 9.97 Å². The summed E-state index contributed by atoms with van der Waals surface area (Å²) in [4.78, 5) is 22.5. The zero-order valence-corrected chi connectivity index (χ0v) is 18.5. The first-order valence-electron chi connectivity index (χ1n) is 10.0. The number of rotatable bonds is 9. The monoisotopic (exact) mass is 436 g/mol. The van der Waals surface area contributed by atoms with Gasteiger partial charge in [-0.2, -0.15) is 0 Å². The molecule has 1 amide bonds. The second kappa shape index (κ2) is 9.91. The third kappa shape index (κ3) is 5.49. The van der Waals surface area contributed by atoms with E-state index in [0.29, 0.717) is 12.1 Å². The number of thioether (sulfide) groups is 1. The summed E-state index contributed by atoms with van der Waals surface area (Å²) in [6, 6.07) is 13.8. The number of hydrogen-bond acceptors (Lipinski definition) is 5. The van der Waals surface area contributed by atoms with Crippen molar-refractivity contribution in [3.05, 3.63) is 82.2 Å². The number of amides is 1. The Kier molecular flexibility index (Phi) is 6.81. The summed E-state index contributed by atoms with van der Waals surface area (Å²) in [6.07, 6.45) is 7.03. The van der Waals surface area contributed by atoms with Crippen LogP contribution in [0, 0.1) is 6.92 Å². The number of hydrogen-bond donors (Lipinski definition) is 1. The number of fused-ring (bicyclic) bond motifs is 1. The molecule has 1 aromatic carbocycles. The fourth-order valence-electron chi connectivity index (χ4n) is 3.14. The van der Waals surface area contributed by atoms with E-state index in [4.69, 9.17) is 0 Å². The molecule has 0 aliphatic carbocycles. The van der Waals surface area contributed by atoms with Gasteiger partial charge in [0.05, 0.1) is 10.7 Å². The Morgan fingerprint density at radius 3 is 2.77 bits per heavy atom. The number of thiazole rings is 1. The van der Waals surface area contributed by atoms with E-state index in [0.717, 1.165) is 46.9 Å². The number of aryl methyl sites for hydroxylation is 2. The van der Waals surface area contributed by atoms with E-state index < -0.39 is 0 Å². The molecule has 4 rings (SSSR count). The van der Waals surface area contributed by atoms with Gasteiger partial charge >= 0.3 is 0 Å². The van der Waals surface area contributed by atoms with Gasteiger partial charge in [-0.05, 0) is 62.6 Å². The maximum Gasteiger partial charge on any atom is 0.251 e. The topological polar surface area (TPSA) is 59.3 Å². The number of nitrogens with one attached hydrogen (secondary N) is 1. The number of benzene rings is 1. The van der Waals surface area contributed by atoms with E-state index in [2.05, 4.69) is 26.9 Å². The lowest BCUT2D eigenvalue weighted by molar-refractivity contribution is 0.0953. The molecule has 0 aliphatic heterocycles. The van der Waals surface area contributed by atoms with Crippen LogP contribution in [0.5, 0.6) is 0 Å². The van der Waals surface area contributed by atoms with E-state index in [1.807, 2.05) is 60.0 Å². The van der Waals surface area contributed by atoms with Crippen molar-refractivity contribution in [3.8, 4) is 0 Å². The number of nitrogens with zero attached hydrogens (tertiary/aromatic N) is 3. The van der Waals surface area contributed by atoms with Crippen molar-refractivity contribution in [2.24, 2.45) is 0 Å². The van der Waals surface area contributed by atoms with Crippen molar-refractivity contribution in [1.29, 1.82) is 0 Å². The zero-order valence-electron chi connectivity index (χ0n) is 16.9. The predicted molar refractivity (Wildman–Crippen MR) is 123 cm³/mol. The first-order chi connectivity index (χ1) is 14.7. The molecule has 0 atom stereocenters. The fourth-order valence-corrected chi connectivity index (χ4v) is 4.74. The third-order valence-electron chi connectivity index (χ3n) is 4.69. The lowest BCUT2D eigenvalue weighted by Crippen LogP contribution is -2.24. The third-order valence-corrected chi connectivity index (χ3v) is 6.76. The van der Waals surface area contributed by atoms with Crippen LogP contribution in [-0.2, 0) is 12.2 Å². The lowest BCUT2D eigenvalue weighted by atomic mass is 10.2. The van der Waals surface area contributed by atoms with Crippen LogP contribution in [0.3, 0.4) is 0 Å². The first-order valence-corrected chi connectivity index (χ1v) is 11.9. The summed E-state index contributed by atoms with van der Waals surface area (Å²) < 4.78 is 2.03. The molecule has 30 heavy (non-hydrogen) atoms. The molecule has 4 aromatic rings. The summed E-state index contributed by atoms with van der Waals surface area (Å²) in [5.74, 6) is 0.781. The van der Waals surface area contributed by atoms with Crippen LogP contribution in [0.15, 0.2) is 65.1 Å². The van der Waals surface area contributed by atoms with Gasteiger partial charge < -0.3 is 9.72 Å². The second-order valence-corrected chi connectivity index (χ2v) is 9.10. The Morgan fingerprint density at radius 2 is 2.00 bits per heavy atom. The van der Waals surface area contributed by atoms with Gasteiger partial charge in [0.15, 0.2) is 0 Å². The molecule has 1 N–H and O–H groups in total. The average molecular weight is 437 g/mol. The van der Waals surface area contributed by atoms with Crippen molar-refractivity contribution >= 4 is 34.7 Å². The molecular formula is C23H24N4OS2. The SMILES string of the molecule is Cc1csc(CCCCNC(=O)c2ccc(SCc3cn4ccccc4n3)cc2)n1. The molecule has 0 unspecified atom stereocenters. The zero-order chi connectivity index (χ0) is 20.8. The molecule has 154 valence electrons. The summed E-state index contributed by atoms with van der Waals surface area (Å²) in [5, 5.41) is 6.26. The van der Waals surface area contributed by atoms with Crippen LogP contribution in [0.1, 0.15) is 39.6 Å². The molecule has 3 aromatic heterocycles. The van der Waals surface area contributed by atoms with Gasteiger partial charge in [0.1, 0.15) is 5.65 Å². The van der Waals surface area contributed by atoms with Crippen LogP contribution >= 0.6 is 23.1 Å². The minimum absolute atomic E-state index is 0.0167. The van der Waals surface area contributed by atoms with Gasteiger partial charge in [0.25, 0.3) is 5.91 Å². The van der Waals surface area contributed by atoms with E-state index in [9.17, 15) is 4.79 Å². The van der Waals surface area contributed by atoms with Crippen LogP contribution in [0.25, 0.3) is 5.65 Å². The maximum atomic E-state index is 12.3. The molecule has 0 fully saturated rings. The van der Waals surface area contributed by atoms with Crippen molar-refractivity contribution in [1.82, 2.24) is 19.7 Å². The fraction of sp³-hybridized carbons (Fsp3) is 0.261. The van der Waals surface area contributed by atoms with Crippen molar-refractivity contribution in [3.63, 3.8) is 0 Å². The number of carbonyl (C=O) groups excluding carboxylic acids is 1. The molecule has 7 heteroatoms. The summed E-state index contributed by atoms with van der Waals surface area (Å²) in [7, 11) is 0. The van der Waals surface area contributed by atoms with Gasteiger partial charge in [0, 0.05) is 46.2 Å². The Labute approximate surface area is 184 Å². The highest BCUT2D eigenvalue weighted by molar-refractivity contribution is 7.98. The predicted octanol–water partition coefficient (Wildman–Crippen LogP) is 5.14. The van der Waals surface area contributed by atoms with Gasteiger partial charge in [-0.15, -0.1) is 23.1 Å². The van der Waals surface area contributed by atoms with Crippen LogP contribution < -0.4 is 5.32 Å². The highest BCUT2D eigenvalue weighted by atomic mass is 32.2. The summed E-state index contributed by atoms with van der Waals surface area (Å²) in [5.41, 5.74) is 3.79. The van der Waals surface area contributed by atoms with Gasteiger partial charge in [-0.1, -0.05) is 6.07 Å². The summed E-state index contributed by atoms with van der Waals surface area (Å²) >= 11 is 3.43. The molecule has 3 heterocycles. The average Bonchev–Trinajstić information content (AvgIpc) is 3.37. The van der Waals surface area contributed by atoms with Crippen molar-refractivity contribution in [2.75, 3.05) is 6.54 Å². The number of imidazole rings is 1. The maximum absolute atomic E-state index is 12.3. The Balaban J connectivity index is 1.20. The van der Waals surface area contributed by atoms with Gasteiger partial charge in [0.2, 0.25) is 0 Å². The highest BCUT2D eigenvalue weighted by Crippen LogP contribution is 2.23. The lowest BCUT2D eigenvalue weighted by Gasteiger charge is -2.06. The van der Waals surface area contributed by atoms with E-state index in [1.54, 1.807) is 23.1 Å². The van der Waals surface area contributed by atoms with Crippen LogP contribution in [0.2, 0.25) is 0 Å². The first kappa shape index (κ1) is 20.6.